The van der Waals surface area contributed by atoms with Crippen LogP contribution in [0.25, 0.3) is 11.3 Å². The molecule has 0 spiro atoms. The van der Waals surface area contributed by atoms with E-state index in [9.17, 15) is 13.2 Å². The molecule has 10 heteroatoms. The second kappa shape index (κ2) is 9.64. The van der Waals surface area contributed by atoms with Crippen LogP contribution in [0.3, 0.4) is 0 Å². The summed E-state index contributed by atoms with van der Waals surface area (Å²) in [5.41, 5.74) is 1.37. The van der Waals surface area contributed by atoms with E-state index >= 15 is 0 Å². The zero-order valence-corrected chi connectivity index (χ0v) is 19.7. The van der Waals surface area contributed by atoms with E-state index in [1.165, 1.54) is 6.26 Å². The van der Waals surface area contributed by atoms with Crippen LogP contribution in [0.15, 0.2) is 41.6 Å². The number of likely N-dealkylation sites (tertiary alicyclic amines) is 1. The maximum absolute atomic E-state index is 12.3. The number of piperidine rings is 1. The molecule has 1 aromatic heterocycles. The molecule has 3 heterocycles. The highest BCUT2D eigenvalue weighted by Gasteiger charge is 2.35. The SMILES string of the molecule is CC1(COC(=O)N2CCC(COc3cnc(-c4ccc(S(C)(=O)=O)cc4)cn3)CC2)COC1. The lowest BCUT2D eigenvalue weighted by Gasteiger charge is -2.38. The van der Waals surface area contributed by atoms with Gasteiger partial charge < -0.3 is 19.1 Å². The summed E-state index contributed by atoms with van der Waals surface area (Å²) in [5, 5.41) is 0. The Balaban J connectivity index is 1.21. The lowest BCUT2D eigenvalue weighted by Crippen LogP contribution is -2.46. The number of ether oxygens (including phenoxy) is 3. The fraction of sp³-hybridized carbons (Fsp3) is 0.522. The minimum Gasteiger partial charge on any atom is -0.476 e. The molecule has 0 aliphatic carbocycles. The average molecular weight is 476 g/mol. The first-order valence-corrected chi connectivity index (χ1v) is 12.9. The van der Waals surface area contributed by atoms with Gasteiger partial charge in [-0.15, -0.1) is 0 Å². The number of hydrogen-bond acceptors (Lipinski definition) is 8. The Kier molecular flexibility index (Phi) is 6.85. The third-order valence-corrected chi connectivity index (χ3v) is 7.12. The van der Waals surface area contributed by atoms with Crippen molar-refractivity contribution in [2.45, 2.75) is 24.7 Å². The Bertz CT molecular complexity index is 1060. The van der Waals surface area contributed by atoms with Crippen molar-refractivity contribution in [1.82, 2.24) is 14.9 Å². The van der Waals surface area contributed by atoms with E-state index in [0.717, 1.165) is 18.4 Å². The lowest BCUT2D eigenvalue weighted by atomic mass is 9.90. The van der Waals surface area contributed by atoms with E-state index in [2.05, 4.69) is 16.9 Å². The van der Waals surface area contributed by atoms with Gasteiger partial charge in [-0.1, -0.05) is 19.1 Å². The van der Waals surface area contributed by atoms with Gasteiger partial charge in [-0.2, -0.15) is 0 Å². The van der Waals surface area contributed by atoms with E-state index in [4.69, 9.17) is 14.2 Å². The summed E-state index contributed by atoms with van der Waals surface area (Å²) in [4.78, 5) is 23.0. The largest absolute Gasteiger partial charge is 0.476 e. The quantitative estimate of drug-likeness (QED) is 0.602. The lowest BCUT2D eigenvalue weighted by molar-refractivity contribution is -0.128. The van der Waals surface area contributed by atoms with Gasteiger partial charge in [0, 0.05) is 30.3 Å². The van der Waals surface area contributed by atoms with Crippen molar-refractivity contribution in [2.24, 2.45) is 11.3 Å². The summed E-state index contributed by atoms with van der Waals surface area (Å²) in [6.45, 7) is 5.53. The number of sulfone groups is 1. The molecule has 0 radical (unpaired) electrons. The molecule has 0 unspecified atom stereocenters. The molecule has 2 aromatic rings. The number of carbonyl (C=O) groups is 1. The monoisotopic (exact) mass is 475 g/mol. The van der Waals surface area contributed by atoms with Crippen molar-refractivity contribution in [3.05, 3.63) is 36.7 Å². The summed E-state index contributed by atoms with van der Waals surface area (Å²) in [6.07, 6.45) is 5.78. The fourth-order valence-electron chi connectivity index (χ4n) is 3.76. The highest BCUT2D eigenvalue weighted by atomic mass is 32.2. The van der Waals surface area contributed by atoms with Gasteiger partial charge in [0.05, 0.1) is 42.8 Å². The fourth-order valence-corrected chi connectivity index (χ4v) is 4.39. The maximum atomic E-state index is 12.3. The van der Waals surface area contributed by atoms with Crippen LogP contribution in [0.5, 0.6) is 5.88 Å². The first-order chi connectivity index (χ1) is 15.7. The normalized spacial score (nSPS) is 18.4. The summed E-state index contributed by atoms with van der Waals surface area (Å²) in [7, 11) is -3.23. The van der Waals surface area contributed by atoms with Crippen LogP contribution >= 0.6 is 0 Å². The number of carbonyl (C=O) groups excluding carboxylic acids is 1. The first-order valence-electron chi connectivity index (χ1n) is 11.0. The zero-order valence-electron chi connectivity index (χ0n) is 18.9. The van der Waals surface area contributed by atoms with E-state index in [1.54, 1.807) is 41.6 Å². The predicted octanol–water partition coefficient (Wildman–Crippen LogP) is 2.81. The van der Waals surface area contributed by atoms with Crippen molar-refractivity contribution >= 4 is 15.9 Å². The van der Waals surface area contributed by atoms with Crippen LogP contribution in [0.1, 0.15) is 19.8 Å². The first kappa shape index (κ1) is 23.4. The highest BCUT2D eigenvalue weighted by Crippen LogP contribution is 2.27. The number of hydrogen-bond donors (Lipinski definition) is 0. The molecular weight excluding hydrogens is 446 g/mol. The van der Waals surface area contributed by atoms with E-state index in [-0.39, 0.29) is 16.4 Å². The van der Waals surface area contributed by atoms with Gasteiger partial charge in [0.1, 0.15) is 6.61 Å². The standard InChI is InChI=1S/C23H29N3O6S/c1-23(14-30-15-23)16-32-22(27)26-9-7-17(8-10-26)13-31-21-12-24-20(11-25-21)18-3-5-19(6-4-18)33(2,28)29/h3-6,11-12,17H,7-10,13-16H2,1-2H3. The summed E-state index contributed by atoms with van der Waals surface area (Å²) < 4.78 is 39.6. The van der Waals surface area contributed by atoms with Crippen LogP contribution in [-0.2, 0) is 19.3 Å². The molecule has 2 saturated heterocycles. The molecule has 2 aliphatic heterocycles. The molecule has 0 atom stereocenters. The Morgan fingerprint density at radius 2 is 1.85 bits per heavy atom. The molecule has 4 rings (SSSR count). The number of aromatic nitrogens is 2. The highest BCUT2D eigenvalue weighted by molar-refractivity contribution is 7.90. The molecule has 0 saturated carbocycles. The topological polar surface area (TPSA) is 108 Å². The van der Waals surface area contributed by atoms with E-state index in [1.807, 2.05) is 0 Å². The van der Waals surface area contributed by atoms with Crippen molar-refractivity contribution in [3.63, 3.8) is 0 Å². The maximum Gasteiger partial charge on any atom is 0.409 e. The second-order valence-electron chi connectivity index (χ2n) is 9.14. The van der Waals surface area contributed by atoms with Crippen LogP contribution in [-0.4, -0.2) is 75.2 Å². The molecule has 0 N–H and O–H groups in total. The van der Waals surface area contributed by atoms with Crippen LogP contribution in [0.2, 0.25) is 0 Å². The van der Waals surface area contributed by atoms with E-state index in [0.29, 0.717) is 57.0 Å². The molecule has 2 aliphatic rings. The average Bonchev–Trinajstić information content (AvgIpc) is 2.80. The van der Waals surface area contributed by atoms with Crippen molar-refractivity contribution in [3.8, 4) is 17.1 Å². The minimum atomic E-state index is -3.23. The molecule has 9 nitrogen and oxygen atoms in total. The Morgan fingerprint density at radius 3 is 2.39 bits per heavy atom. The third-order valence-electron chi connectivity index (χ3n) is 5.99. The minimum absolute atomic E-state index is 0.0436. The zero-order chi connectivity index (χ0) is 23.5. The number of amides is 1. The Hall–Kier alpha value is -2.72. The van der Waals surface area contributed by atoms with Crippen molar-refractivity contribution in [2.75, 3.05) is 45.8 Å². The summed E-state index contributed by atoms with van der Waals surface area (Å²) in [5.74, 6) is 0.765. The van der Waals surface area contributed by atoms with Gasteiger partial charge in [0.25, 0.3) is 0 Å². The molecule has 2 fully saturated rings. The molecule has 0 bridgehead atoms. The number of benzene rings is 1. The van der Waals surface area contributed by atoms with Crippen LogP contribution in [0, 0.1) is 11.3 Å². The van der Waals surface area contributed by atoms with Crippen molar-refractivity contribution in [1.29, 1.82) is 0 Å². The second-order valence-corrected chi connectivity index (χ2v) is 11.2. The Morgan fingerprint density at radius 1 is 1.15 bits per heavy atom. The summed E-state index contributed by atoms with van der Waals surface area (Å²) >= 11 is 0. The van der Waals surface area contributed by atoms with Crippen LogP contribution in [0.4, 0.5) is 4.79 Å². The molecule has 178 valence electrons. The van der Waals surface area contributed by atoms with E-state index < -0.39 is 9.84 Å². The molecule has 33 heavy (non-hydrogen) atoms. The van der Waals surface area contributed by atoms with Gasteiger partial charge in [-0.05, 0) is 30.9 Å². The summed E-state index contributed by atoms with van der Waals surface area (Å²) in [6, 6.07) is 6.53. The number of nitrogens with zero attached hydrogens (tertiary/aromatic N) is 3. The molecular formula is C23H29N3O6S. The number of rotatable bonds is 7. The van der Waals surface area contributed by atoms with Crippen molar-refractivity contribution < 1.29 is 27.4 Å². The van der Waals surface area contributed by atoms with Gasteiger partial charge >= 0.3 is 6.09 Å². The van der Waals surface area contributed by atoms with Gasteiger partial charge in [-0.3, -0.25) is 0 Å². The smallest absolute Gasteiger partial charge is 0.409 e. The van der Waals surface area contributed by atoms with Gasteiger partial charge in [0.2, 0.25) is 5.88 Å². The Labute approximate surface area is 194 Å². The third kappa shape index (κ3) is 6.00. The molecule has 1 aromatic carbocycles. The van der Waals surface area contributed by atoms with Gasteiger partial charge in [-0.25, -0.2) is 23.2 Å². The van der Waals surface area contributed by atoms with Gasteiger partial charge in [0.15, 0.2) is 9.84 Å². The predicted molar refractivity (Wildman–Crippen MR) is 121 cm³/mol. The molecule has 1 amide bonds. The van der Waals surface area contributed by atoms with Crippen LogP contribution < -0.4 is 4.74 Å².